The van der Waals surface area contributed by atoms with E-state index in [1.807, 2.05) is 24.4 Å². The summed E-state index contributed by atoms with van der Waals surface area (Å²) < 4.78 is 32.4. The molecule has 29 heavy (non-hydrogen) atoms. The van der Waals surface area contributed by atoms with Gasteiger partial charge in [0.2, 0.25) is 27.6 Å². The molecule has 0 atom stereocenters. The molecule has 1 aliphatic rings. The van der Waals surface area contributed by atoms with Crippen molar-refractivity contribution in [3.05, 3.63) is 47.2 Å². The van der Waals surface area contributed by atoms with Crippen molar-refractivity contribution >= 4 is 33.0 Å². The van der Waals surface area contributed by atoms with Crippen molar-refractivity contribution < 1.29 is 17.7 Å². The lowest BCUT2D eigenvalue weighted by molar-refractivity contribution is -0.118. The van der Waals surface area contributed by atoms with Gasteiger partial charge in [0.15, 0.2) is 0 Å². The number of amides is 1. The maximum Gasteiger partial charge on any atom is 0.243 e. The van der Waals surface area contributed by atoms with Crippen molar-refractivity contribution in [1.82, 2.24) is 14.4 Å². The average molecular weight is 433 g/mol. The highest BCUT2D eigenvalue weighted by atomic mass is 32.2. The van der Waals surface area contributed by atoms with Crippen molar-refractivity contribution in [2.45, 2.75) is 31.2 Å². The fourth-order valence-corrected chi connectivity index (χ4v) is 5.09. The van der Waals surface area contributed by atoms with Crippen LogP contribution < -0.4 is 4.90 Å². The lowest BCUT2D eigenvalue weighted by Crippen LogP contribution is -2.28. The number of hydrogen-bond donors (Lipinski definition) is 0. The van der Waals surface area contributed by atoms with Crippen LogP contribution in [0, 0.1) is 0 Å². The van der Waals surface area contributed by atoms with Gasteiger partial charge in [-0.3, -0.25) is 4.79 Å². The standard InChI is InChI=1S/C19H20N4O4S2/c1-3-18(24)23-9-8-13-11-14(6-7-15(13)23)29(25,26)22(2)12-17-20-19(21-27-17)16-5-4-10-28-16/h4-7,10-11H,3,8-9,12H2,1-2H3. The molecule has 0 aliphatic carbocycles. The summed E-state index contributed by atoms with van der Waals surface area (Å²) in [5, 5.41) is 5.82. The monoisotopic (exact) mass is 432 g/mol. The van der Waals surface area contributed by atoms with Crippen LogP contribution in [-0.4, -0.2) is 42.4 Å². The first-order valence-corrected chi connectivity index (χ1v) is 11.5. The van der Waals surface area contributed by atoms with Gasteiger partial charge in [-0.2, -0.15) is 9.29 Å². The van der Waals surface area contributed by atoms with Crippen molar-refractivity contribution in [3.8, 4) is 10.7 Å². The summed E-state index contributed by atoms with van der Waals surface area (Å²) in [7, 11) is -2.27. The van der Waals surface area contributed by atoms with E-state index in [0.29, 0.717) is 25.2 Å². The van der Waals surface area contributed by atoms with Gasteiger partial charge in [0.1, 0.15) is 0 Å². The number of rotatable bonds is 6. The SMILES string of the molecule is CCC(=O)N1CCc2cc(S(=O)(=O)N(C)Cc3nc(-c4cccs4)no3)ccc21. The van der Waals surface area contributed by atoms with Gasteiger partial charge in [0, 0.05) is 25.7 Å². The molecule has 4 rings (SSSR count). The molecule has 0 saturated heterocycles. The molecule has 0 saturated carbocycles. The molecule has 0 spiro atoms. The van der Waals surface area contributed by atoms with Crippen LogP contribution in [-0.2, 0) is 27.8 Å². The number of aromatic nitrogens is 2. The summed E-state index contributed by atoms with van der Waals surface area (Å²) in [5.74, 6) is 0.703. The van der Waals surface area contributed by atoms with Crippen LogP contribution >= 0.6 is 11.3 Å². The third-order valence-corrected chi connectivity index (χ3v) is 7.49. The van der Waals surface area contributed by atoms with Gasteiger partial charge in [0.05, 0.1) is 16.3 Å². The molecular formula is C19H20N4O4S2. The molecule has 2 aromatic heterocycles. The Balaban J connectivity index is 1.53. The summed E-state index contributed by atoms with van der Waals surface area (Å²) >= 11 is 1.48. The first-order chi connectivity index (χ1) is 13.9. The summed E-state index contributed by atoms with van der Waals surface area (Å²) in [5.41, 5.74) is 1.65. The van der Waals surface area contributed by atoms with Crippen LogP contribution in [0.15, 0.2) is 45.1 Å². The normalized spacial score (nSPS) is 13.8. The lowest BCUT2D eigenvalue weighted by atomic mass is 10.2. The number of thiophene rings is 1. The zero-order chi connectivity index (χ0) is 20.6. The Kier molecular flexibility index (Phi) is 5.24. The van der Waals surface area contributed by atoms with Gasteiger partial charge in [-0.25, -0.2) is 8.42 Å². The zero-order valence-corrected chi connectivity index (χ0v) is 17.7. The Hall–Kier alpha value is -2.56. The van der Waals surface area contributed by atoms with Crippen molar-refractivity contribution in [2.75, 3.05) is 18.5 Å². The maximum absolute atomic E-state index is 13.0. The Bertz CT molecular complexity index is 1140. The Morgan fingerprint density at radius 2 is 2.17 bits per heavy atom. The molecule has 8 nitrogen and oxygen atoms in total. The third-order valence-electron chi connectivity index (χ3n) is 4.83. The quantitative estimate of drug-likeness (QED) is 0.594. The lowest BCUT2D eigenvalue weighted by Gasteiger charge is -2.18. The minimum Gasteiger partial charge on any atom is -0.337 e. The topological polar surface area (TPSA) is 96.6 Å². The highest BCUT2D eigenvalue weighted by Crippen LogP contribution is 2.31. The van der Waals surface area contributed by atoms with Crippen LogP contribution in [0.5, 0.6) is 0 Å². The van der Waals surface area contributed by atoms with Gasteiger partial charge >= 0.3 is 0 Å². The number of hydrogen-bond acceptors (Lipinski definition) is 7. The number of anilines is 1. The molecule has 1 aromatic carbocycles. The molecule has 0 N–H and O–H groups in total. The predicted octanol–water partition coefficient (Wildman–Crippen LogP) is 2.92. The molecular weight excluding hydrogens is 412 g/mol. The highest BCUT2D eigenvalue weighted by molar-refractivity contribution is 7.89. The minimum absolute atomic E-state index is 0.0295. The van der Waals surface area contributed by atoms with E-state index in [0.717, 1.165) is 16.1 Å². The molecule has 152 valence electrons. The molecule has 0 bridgehead atoms. The number of carbonyl (C=O) groups excluding carboxylic acids is 1. The largest absolute Gasteiger partial charge is 0.337 e. The van der Waals surface area contributed by atoms with E-state index in [2.05, 4.69) is 10.1 Å². The fraction of sp³-hybridized carbons (Fsp3) is 0.316. The predicted molar refractivity (Wildman–Crippen MR) is 109 cm³/mol. The molecule has 0 radical (unpaired) electrons. The molecule has 1 amide bonds. The van der Waals surface area contributed by atoms with Gasteiger partial charge < -0.3 is 9.42 Å². The van der Waals surface area contributed by atoms with Gasteiger partial charge in [-0.15, -0.1) is 11.3 Å². The number of benzene rings is 1. The van der Waals surface area contributed by atoms with Crippen LogP contribution in [0.3, 0.4) is 0 Å². The van der Waals surface area contributed by atoms with Crippen LogP contribution in [0.25, 0.3) is 10.7 Å². The van der Waals surface area contributed by atoms with E-state index < -0.39 is 10.0 Å². The Labute approximate surface area is 172 Å². The smallest absolute Gasteiger partial charge is 0.243 e. The van der Waals surface area contributed by atoms with Crippen molar-refractivity contribution in [3.63, 3.8) is 0 Å². The Morgan fingerprint density at radius 1 is 1.34 bits per heavy atom. The first-order valence-electron chi connectivity index (χ1n) is 9.16. The van der Waals surface area contributed by atoms with Crippen LogP contribution in [0.1, 0.15) is 24.8 Å². The fourth-order valence-electron chi connectivity index (χ4n) is 3.27. The van der Waals surface area contributed by atoms with Crippen molar-refractivity contribution in [1.29, 1.82) is 0 Å². The second-order valence-corrected chi connectivity index (χ2v) is 9.68. The number of nitrogens with zero attached hydrogens (tertiary/aromatic N) is 4. The first kappa shape index (κ1) is 19.7. The molecule has 10 heteroatoms. The molecule has 3 aromatic rings. The average Bonchev–Trinajstić information content (AvgIpc) is 3.46. The van der Waals surface area contributed by atoms with E-state index in [1.165, 1.54) is 28.8 Å². The summed E-state index contributed by atoms with van der Waals surface area (Å²) in [6.45, 7) is 2.36. The molecule has 1 aliphatic heterocycles. The van der Waals surface area contributed by atoms with E-state index in [4.69, 9.17) is 4.52 Å². The Morgan fingerprint density at radius 3 is 2.90 bits per heavy atom. The second-order valence-electron chi connectivity index (χ2n) is 6.69. The summed E-state index contributed by atoms with van der Waals surface area (Å²) in [6, 6.07) is 8.65. The maximum atomic E-state index is 13.0. The minimum atomic E-state index is -3.74. The second kappa shape index (κ2) is 7.69. The third kappa shape index (κ3) is 3.70. The number of sulfonamides is 1. The molecule has 3 heterocycles. The van der Waals surface area contributed by atoms with Gasteiger partial charge in [0.25, 0.3) is 0 Å². The van der Waals surface area contributed by atoms with Crippen molar-refractivity contribution in [2.24, 2.45) is 0 Å². The van der Waals surface area contributed by atoms with Gasteiger partial charge in [-0.1, -0.05) is 18.1 Å². The van der Waals surface area contributed by atoms with Crippen LogP contribution in [0.4, 0.5) is 5.69 Å². The number of fused-ring (bicyclic) bond motifs is 1. The number of carbonyl (C=O) groups is 1. The zero-order valence-electron chi connectivity index (χ0n) is 16.0. The molecule has 0 unspecified atom stereocenters. The molecule has 0 fully saturated rings. The highest BCUT2D eigenvalue weighted by Gasteiger charge is 2.28. The van der Waals surface area contributed by atoms with E-state index >= 15 is 0 Å². The van der Waals surface area contributed by atoms with E-state index in [1.54, 1.807) is 17.0 Å². The van der Waals surface area contributed by atoms with E-state index in [9.17, 15) is 13.2 Å². The van der Waals surface area contributed by atoms with Crippen LogP contribution in [0.2, 0.25) is 0 Å². The summed E-state index contributed by atoms with van der Waals surface area (Å²) in [4.78, 5) is 19.1. The summed E-state index contributed by atoms with van der Waals surface area (Å²) in [6.07, 6.45) is 1.06. The van der Waals surface area contributed by atoms with Gasteiger partial charge in [-0.05, 0) is 41.6 Å². The van der Waals surface area contributed by atoms with E-state index in [-0.39, 0.29) is 23.2 Å².